The zero-order chi connectivity index (χ0) is 14.6. The molecule has 0 amide bonds. The molecule has 0 radical (unpaired) electrons. The summed E-state index contributed by atoms with van der Waals surface area (Å²) < 4.78 is 5.81. The normalized spacial score (nSPS) is 12.8. The summed E-state index contributed by atoms with van der Waals surface area (Å²) in [7, 11) is 0. The van der Waals surface area contributed by atoms with Crippen LogP contribution in [0.2, 0.25) is 0 Å². The third-order valence-corrected chi connectivity index (χ3v) is 3.23. The second-order valence-corrected chi connectivity index (χ2v) is 5.43. The smallest absolute Gasteiger partial charge is 0.344 e. The van der Waals surface area contributed by atoms with Gasteiger partial charge in [0.2, 0.25) is 0 Å². The molecule has 0 aromatic heterocycles. The minimum Gasteiger partial charge on any atom is -0.479 e. The zero-order valence-corrected chi connectivity index (χ0v) is 12.4. The van der Waals surface area contributed by atoms with E-state index in [4.69, 9.17) is 9.84 Å². The van der Waals surface area contributed by atoms with E-state index in [0.29, 0.717) is 18.3 Å². The van der Waals surface area contributed by atoms with Gasteiger partial charge in [-0.15, -0.1) is 0 Å². The molecule has 1 unspecified atom stereocenters. The van der Waals surface area contributed by atoms with Crippen molar-refractivity contribution in [2.75, 3.05) is 0 Å². The third-order valence-electron chi connectivity index (χ3n) is 3.23. The highest BCUT2D eigenvalue weighted by molar-refractivity contribution is 5.72. The molecule has 0 aliphatic rings. The number of ether oxygens (including phenoxy) is 1. The maximum atomic E-state index is 11.2. The van der Waals surface area contributed by atoms with Gasteiger partial charge in [0.1, 0.15) is 5.75 Å². The second kappa shape index (κ2) is 6.60. The first kappa shape index (κ1) is 15.5. The number of hydrogen-bond acceptors (Lipinski definition) is 2. The maximum absolute atomic E-state index is 11.2. The minimum absolute atomic E-state index is 0.306. The van der Waals surface area contributed by atoms with Gasteiger partial charge in [0.25, 0.3) is 0 Å². The third kappa shape index (κ3) is 3.72. The van der Waals surface area contributed by atoms with Crippen LogP contribution >= 0.6 is 0 Å². The molecule has 1 atom stereocenters. The summed E-state index contributed by atoms with van der Waals surface area (Å²) in [6, 6.07) is 6.04. The summed E-state index contributed by atoms with van der Waals surface area (Å²) >= 11 is 0. The summed E-state index contributed by atoms with van der Waals surface area (Å²) in [4.78, 5) is 11.2. The topological polar surface area (TPSA) is 46.5 Å². The molecule has 1 N–H and O–H groups in total. The molecule has 0 heterocycles. The Morgan fingerprint density at radius 3 is 1.95 bits per heavy atom. The van der Waals surface area contributed by atoms with Gasteiger partial charge in [-0.3, -0.25) is 0 Å². The van der Waals surface area contributed by atoms with Crippen LogP contribution in [0.15, 0.2) is 18.2 Å². The van der Waals surface area contributed by atoms with Crippen molar-refractivity contribution in [2.24, 2.45) is 0 Å². The number of carbonyl (C=O) groups is 1. The average molecular weight is 264 g/mol. The Balaban J connectivity index is 3.24. The van der Waals surface area contributed by atoms with Crippen LogP contribution < -0.4 is 4.74 Å². The fourth-order valence-electron chi connectivity index (χ4n) is 2.07. The van der Waals surface area contributed by atoms with Crippen LogP contribution in [0, 0.1) is 0 Å². The molecule has 0 aliphatic carbocycles. The van der Waals surface area contributed by atoms with Crippen LogP contribution in [-0.4, -0.2) is 17.2 Å². The molecule has 3 nitrogen and oxygen atoms in total. The fraction of sp³-hybridized carbons (Fsp3) is 0.562. The maximum Gasteiger partial charge on any atom is 0.344 e. The van der Waals surface area contributed by atoms with Gasteiger partial charge < -0.3 is 9.84 Å². The van der Waals surface area contributed by atoms with Crippen molar-refractivity contribution in [3.05, 3.63) is 29.3 Å². The molecular formula is C16H24O3. The van der Waals surface area contributed by atoms with E-state index in [2.05, 4.69) is 27.7 Å². The van der Waals surface area contributed by atoms with Gasteiger partial charge in [0.15, 0.2) is 6.10 Å². The van der Waals surface area contributed by atoms with Crippen molar-refractivity contribution in [3.8, 4) is 5.75 Å². The van der Waals surface area contributed by atoms with Crippen LogP contribution in [0.5, 0.6) is 5.75 Å². The molecule has 19 heavy (non-hydrogen) atoms. The number of para-hydroxylation sites is 1. The summed E-state index contributed by atoms with van der Waals surface area (Å²) in [5.41, 5.74) is 2.15. The Bertz CT molecular complexity index is 409. The van der Waals surface area contributed by atoms with E-state index in [9.17, 15) is 4.79 Å². The van der Waals surface area contributed by atoms with Crippen molar-refractivity contribution < 1.29 is 14.6 Å². The van der Waals surface area contributed by atoms with Crippen LogP contribution in [0.3, 0.4) is 0 Å². The number of aliphatic carboxylic acids is 1. The Labute approximate surface area is 115 Å². The summed E-state index contributed by atoms with van der Waals surface area (Å²) in [6.45, 7) is 10.2. The lowest BCUT2D eigenvalue weighted by atomic mass is 9.94. The first-order chi connectivity index (χ1) is 8.88. The first-order valence-corrected chi connectivity index (χ1v) is 6.90. The molecule has 0 saturated carbocycles. The molecule has 106 valence electrons. The molecule has 1 rings (SSSR count). The molecule has 0 spiro atoms. The molecule has 3 heteroatoms. The molecule has 0 fully saturated rings. The number of benzene rings is 1. The minimum atomic E-state index is -0.907. The van der Waals surface area contributed by atoms with E-state index in [1.165, 1.54) is 0 Å². The first-order valence-electron chi connectivity index (χ1n) is 6.90. The standard InChI is InChI=1S/C16H24O3/c1-6-14(16(17)18)19-15-12(10(2)3)8-7-9-13(15)11(4)5/h7-11,14H,6H2,1-5H3,(H,17,18). The lowest BCUT2D eigenvalue weighted by Crippen LogP contribution is -2.27. The van der Waals surface area contributed by atoms with Crippen molar-refractivity contribution >= 4 is 5.97 Å². The van der Waals surface area contributed by atoms with Crippen molar-refractivity contribution in [3.63, 3.8) is 0 Å². The van der Waals surface area contributed by atoms with E-state index < -0.39 is 12.1 Å². The molecule has 0 bridgehead atoms. The highest BCUT2D eigenvalue weighted by atomic mass is 16.5. The van der Waals surface area contributed by atoms with Crippen molar-refractivity contribution in [2.45, 2.75) is 59.0 Å². The highest BCUT2D eigenvalue weighted by Crippen LogP contribution is 2.35. The average Bonchev–Trinajstić information content (AvgIpc) is 2.34. The summed E-state index contributed by atoms with van der Waals surface area (Å²) in [5.74, 6) is 0.456. The number of rotatable bonds is 6. The van der Waals surface area contributed by atoms with E-state index in [0.717, 1.165) is 16.9 Å². The summed E-state index contributed by atoms with van der Waals surface area (Å²) in [6.07, 6.45) is -0.323. The Hall–Kier alpha value is -1.51. The molecular weight excluding hydrogens is 240 g/mol. The van der Waals surface area contributed by atoms with Gasteiger partial charge in [0, 0.05) is 0 Å². The largest absolute Gasteiger partial charge is 0.479 e. The number of carboxylic acids is 1. The van der Waals surface area contributed by atoms with E-state index in [1.54, 1.807) is 0 Å². The zero-order valence-electron chi connectivity index (χ0n) is 12.4. The number of carboxylic acid groups (broad SMARTS) is 1. The predicted octanol–water partition coefficient (Wildman–Crippen LogP) is 4.18. The van der Waals surface area contributed by atoms with Gasteiger partial charge in [-0.2, -0.15) is 0 Å². The highest BCUT2D eigenvalue weighted by Gasteiger charge is 2.22. The van der Waals surface area contributed by atoms with Crippen LogP contribution in [0.4, 0.5) is 0 Å². The summed E-state index contributed by atoms with van der Waals surface area (Å²) in [5, 5.41) is 9.17. The van der Waals surface area contributed by atoms with Crippen LogP contribution in [-0.2, 0) is 4.79 Å². The Kier molecular flexibility index (Phi) is 5.40. The van der Waals surface area contributed by atoms with Gasteiger partial charge in [0.05, 0.1) is 0 Å². The lowest BCUT2D eigenvalue weighted by Gasteiger charge is -2.22. The lowest BCUT2D eigenvalue weighted by molar-refractivity contribution is -0.145. The SMILES string of the molecule is CCC(Oc1c(C(C)C)cccc1C(C)C)C(=O)O. The second-order valence-electron chi connectivity index (χ2n) is 5.43. The number of hydrogen-bond donors (Lipinski definition) is 1. The fourth-order valence-corrected chi connectivity index (χ4v) is 2.07. The van der Waals surface area contributed by atoms with Crippen LogP contribution in [0.1, 0.15) is 64.0 Å². The van der Waals surface area contributed by atoms with E-state index in [1.807, 2.05) is 25.1 Å². The quantitative estimate of drug-likeness (QED) is 0.838. The van der Waals surface area contributed by atoms with E-state index in [-0.39, 0.29) is 0 Å². The predicted molar refractivity (Wildman–Crippen MR) is 77.0 cm³/mol. The van der Waals surface area contributed by atoms with Gasteiger partial charge in [-0.05, 0) is 29.4 Å². The van der Waals surface area contributed by atoms with Crippen molar-refractivity contribution in [1.82, 2.24) is 0 Å². The Morgan fingerprint density at radius 2 is 1.63 bits per heavy atom. The molecule has 1 aromatic carbocycles. The van der Waals surface area contributed by atoms with Crippen LogP contribution in [0.25, 0.3) is 0 Å². The Morgan fingerprint density at radius 1 is 1.16 bits per heavy atom. The van der Waals surface area contributed by atoms with Gasteiger partial charge in [-0.25, -0.2) is 4.79 Å². The molecule has 0 aliphatic heterocycles. The van der Waals surface area contributed by atoms with Gasteiger partial charge >= 0.3 is 5.97 Å². The van der Waals surface area contributed by atoms with E-state index >= 15 is 0 Å². The molecule has 1 aromatic rings. The van der Waals surface area contributed by atoms with Gasteiger partial charge in [-0.1, -0.05) is 52.8 Å². The van der Waals surface area contributed by atoms with Crippen molar-refractivity contribution in [1.29, 1.82) is 0 Å². The molecule has 0 saturated heterocycles. The monoisotopic (exact) mass is 264 g/mol.